The number of nitrogens with one attached hydrogen (secondary N) is 3. The molecule has 1 aromatic carbocycles. The quantitative estimate of drug-likeness (QED) is 0.706. The van der Waals surface area contributed by atoms with Crippen LogP contribution in [0, 0.1) is 0 Å². The summed E-state index contributed by atoms with van der Waals surface area (Å²) in [4.78, 5) is 24.0. The highest BCUT2D eigenvalue weighted by Crippen LogP contribution is 2.11. The van der Waals surface area contributed by atoms with Gasteiger partial charge < -0.3 is 16.0 Å². The largest absolute Gasteiger partial charge is 0.354 e. The predicted octanol–water partition coefficient (Wildman–Crippen LogP) is 0.826. The first-order valence-corrected chi connectivity index (χ1v) is 7.38. The Morgan fingerprint density at radius 1 is 1.26 bits per heavy atom. The summed E-state index contributed by atoms with van der Waals surface area (Å²) >= 11 is 0. The van der Waals surface area contributed by atoms with Crippen LogP contribution in [0.4, 0.5) is 5.69 Å². The molecule has 0 bridgehead atoms. The number of carbonyl (C=O) groups excluding carboxylic acids is 2. The lowest BCUT2D eigenvalue weighted by Crippen LogP contribution is -2.37. The molecule has 2 rings (SSSR count). The minimum absolute atomic E-state index is 0.140. The number of aromatic nitrogens is 2. The number of hydrogen-bond donors (Lipinski definition) is 3. The first kappa shape index (κ1) is 16.7. The molecule has 23 heavy (non-hydrogen) atoms. The molecule has 0 aliphatic rings. The Morgan fingerprint density at radius 3 is 2.61 bits per heavy atom. The minimum Gasteiger partial charge on any atom is -0.354 e. The number of likely N-dealkylation sites (N-methyl/N-ethyl adjacent to an activating group) is 1. The van der Waals surface area contributed by atoms with Crippen LogP contribution >= 0.6 is 0 Å². The second kappa shape index (κ2) is 8.09. The maximum atomic E-state index is 12.2. The summed E-state index contributed by atoms with van der Waals surface area (Å²) in [6.07, 6.45) is 3.63. The van der Waals surface area contributed by atoms with Gasteiger partial charge >= 0.3 is 0 Å². The second-order valence-corrected chi connectivity index (χ2v) is 5.12. The SMILES string of the molecule is CNC(C(=O)NCCC(=O)Nc1ccccc1)c1cnn(C)c1. The van der Waals surface area contributed by atoms with E-state index in [4.69, 9.17) is 0 Å². The van der Waals surface area contributed by atoms with Crippen molar-refractivity contribution >= 4 is 17.5 Å². The fourth-order valence-corrected chi connectivity index (χ4v) is 2.18. The molecule has 1 atom stereocenters. The molecule has 0 saturated heterocycles. The third-order valence-corrected chi connectivity index (χ3v) is 3.32. The molecule has 1 unspecified atom stereocenters. The van der Waals surface area contributed by atoms with Crippen molar-refractivity contribution in [2.45, 2.75) is 12.5 Å². The lowest BCUT2D eigenvalue weighted by Gasteiger charge is -2.14. The van der Waals surface area contributed by atoms with E-state index in [0.717, 1.165) is 11.3 Å². The maximum Gasteiger partial charge on any atom is 0.241 e. The molecule has 2 aromatic rings. The van der Waals surface area contributed by atoms with E-state index in [2.05, 4.69) is 21.0 Å². The van der Waals surface area contributed by atoms with Crippen molar-refractivity contribution in [3.63, 3.8) is 0 Å². The third-order valence-electron chi connectivity index (χ3n) is 3.32. The van der Waals surface area contributed by atoms with E-state index >= 15 is 0 Å². The van der Waals surface area contributed by atoms with Gasteiger partial charge in [0.2, 0.25) is 11.8 Å². The molecule has 0 saturated carbocycles. The average Bonchev–Trinajstić information content (AvgIpc) is 2.95. The molecule has 7 nitrogen and oxygen atoms in total. The van der Waals surface area contributed by atoms with Gasteiger partial charge in [-0.25, -0.2) is 0 Å². The lowest BCUT2D eigenvalue weighted by molar-refractivity contribution is -0.123. The number of hydrogen-bond acceptors (Lipinski definition) is 4. The third kappa shape index (κ3) is 4.93. The maximum absolute atomic E-state index is 12.2. The van der Waals surface area contributed by atoms with Crippen LogP contribution in [0.2, 0.25) is 0 Å². The van der Waals surface area contributed by atoms with Crippen molar-refractivity contribution < 1.29 is 9.59 Å². The number of anilines is 1. The van der Waals surface area contributed by atoms with Crippen molar-refractivity contribution in [3.05, 3.63) is 48.3 Å². The monoisotopic (exact) mass is 315 g/mol. The highest BCUT2D eigenvalue weighted by molar-refractivity contribution is 5.91. The lowest BCUT2D eigenvalue weighted by atomic mass is 10.1. The number of rotatable bonds is 7. The molecule has 1 heterocycles. The Labute approximate surface area is 135 Å². The summed E-state index contributed by atoms with van der Waals surface area (Å²) in [5.41, 5.74) is 1.52. The van der Waals surface area contributed by atoms with Crippen LogP contribution in [0.15, 0.2) is 42.7 Å². The van der Waals surface area contributed by atoms with E-state index in [1.165, 1.54) is 0 Å². The molecule has 2 amide bonds. The minimum atomic E-state index is -0.485. The van der Waals surface area contributed by atoms with Gasteiger partial charge in [0.1, 0.15) is 6.04 Å². The molecule has 0 radical (unpaired) electrons. The van der Waals surface area contributed by atoms with E-state index in [1.807, 2.05) is 30.3 Å². The number of para-hydroxylation sites is 1. The summed E-state index contributed by atoms with van der Waals surface area (Å²) in [7, 11) is 3.50. The average molecular weight is 315 g/mol. The number of nitrogens with zero attached hydrogens (tertiary/aromatic N) is 2. The van der Waals surface area contributed by atoms with Gasteiger partial charge in [-0.3, -0.25) is 14.3 Å². The Bertz CT molecular complexity index is 654. The molecular formula is C16H21N5O2. The van der Waals surface area contributed by atoms with Gasteiger partial charge in [-0.2, -0.15) is 5.10 Å². The summed E-state index contributed by atoms with van der Waals surface area (Å²) < 4.78 is 1.64. The van der Waals surface area contributed by atoms with Crippen LogP contribution in [-0.4, -0.2) is 35.2 Å². The number of aryl methyl sites for hydroxylation is 1. The van der Waals surface area contributed by atoms with Crippen molar-refractivity contribution in [1.29, 1.82) is 0 Å². The number of carbonyl (C=O) groups is 2. The highest BCUT2D eigenvalue weighted by atomic mass is 16.2. The van der Waals surface area contributed by atoms with Gasteiger partial charge in [0.05, 0.1) is 6.20 Å². The molecule has 0 aliphatic carbocycles. The van der Waals surface area contributed by atoms with Gasteiger partial charge in [-0.05, 0) is 19.2 Å². The molecule has 0 spiro atoms. The molecule has 1 aromatic heterocycles. The predicted molar refractivity (Wildman–Crippen MR) is 87.7 cm³/mol. The van der Waals surface area contributed by atoms with E-state index in [0.29, 0.717) is 0 Å². The zero-order valence-corrected chi connectivity index (χ0v) is 13.2. The highest BCUT2D eigenvalue weighted by Gasteiger charge is 2.19. The van der Waals surface area contributed by atoms with Crippen LogP contribution in [0.5, 0.6) is 0 Å². The summed E-state index contributed by atoms with van der Waals surface area (Å²) in [5.74, 6) is -0.327. The Hall–Kier alpha value is -2.67. The van der Waals surface area contributed by atoms with E-state index in [-0.39, 0.29) is 24.8 Å². The van der Waals surface area contributed by atoms with Gasteiger partial charge in [-0.15, -0.1) is 0 Å². The van der Waals surface area contributed by atoms with Gasteiger partial charge in [0.15, 0.2) is 0 Å². The standard InChI is InChI=1S/C16H21N5O2/c1-17-15(12-10-19-21(2)11-12)16(23)18-9-8-14(22)20-13-6-4-3-5-7-13/h3-7,10-11,15,17H,8-9H2,1-2H3,(H,18,23)(H,20,22). The zero-order valence-electron chi connectivity index (χ0n) is 13.2. The van der Waals surface area contributed by atoms with Gasteiger partial charge in [0.25, 0.3) is 0 Å². The summed E-state index contributed by atoms with van der Waals surface area (Å²) in [6.45, 7) is 0.274. The molecule has 0 fully saturated rings. The van der Waals surface area contributed by atoms with Crippen LogP contribution in [0.1, 0.15) is 18.0 Å². The van der Waals surface area contributed by atoms with Gasteiger partial charge in [-0.1, -0.05) is 18.2 Å². The summed E-state index contributed by atoms with van der Waals surface area (Å²) in [6, 6.07) is 8.73. The molecular weight excluding hydrogens is 294 g/mol. The molecule has 3 N–H and O–H groups in total. The van der Waals surface area contributed by atoms with Crippen molar-refractivity contribution in [1.82, 2.24) is 20.4 Å². The molecule has 0 aliphatic heterocycles. The zero-order chi connectivity index (χ0) is 16.7. The Morgan fingerprint density at radius 2 is 2.00 bits per heavy atom. The van der Waals surface area contributed by atoms with Crippen LogP contribution < -0.4 is 16.0 Å². The van der Waals surface area contributed by atoms with Crippen molar-refractivity contribution in [2.75, 3.05) is 18.9 Å². The van der Waals surface area contributed by atoms with Crippen LogP contribution in [-0.2, 0) is 16.6 Å². The number of benzene rings is 1. The Kier molecular flexibility index (Phi) is 5.87. The first-order valence-electron chi connectivity index (χ1n) is 7.38. The number of amides is 2. The van der Waals surface area contributed by atoms with E-state index in [9.17, 15) is 9.59 Å². The van der Waals surface area contributed by atoms with E-state index < -0.39 is 6.04 Å². The molecule has 7 heteroatoms. The first-order chi connectivity index (χ1) is 11.1. The van der Waals surface area contributed by atoms with Crippen LogP contribution in [0.25, 0.3) is 0 Å². The summed E-state index contributed by atoms with van der Waals surface area (Å²) in [5, 5.41) is 12.5. The smallest absolute Gasteiger partial charge is 0.241 e. The fraction of sp³-hybridized carbons (Fsp3) is 0.312. The van der Waals surface area contributed by atoms with Crippen molar-refractivity contribution in [3.8, 4) is 0 Å². The molecule has 122 valence electrons. The van der Waals surface area contributed by atoms with Gasteiger partial charge in [0, 0.05) is 37.5 Å². The Balaban J connectivity index is 1.78. The topological polar surface area (TPSA) is 88.1 Å². The van der Waals surface area contributed by atoms with Crippen molar-refractivity contribution in [2.24, 2.45) is 7.05 Å². The second-order valence-electron chi connectivity index (χ2n) is 5.12. The van der Waals surface area contributed by atoms with Crippen LogP contribution in [0.3, 0.4) is 0 Å². The van der Waals surface area contributed by atoms with E-state index in [1.54, 1.807) is 31.2 Å². The normalized spacial score (nSPS) is 11.7. The fourth-order valence-electron chi connectivity index (χ4n) is 2.18.